The van der Waals surface area contributed by atoms with Crippen molar-refractivity contribution in [3.8, 4) is 11.6 Å². The smallest absolute Gasteiger partial charge is 0.495 e. The Morgan fingerprint density at radius 1 is 1.39 bits per heavy atom. The first-order chi connectivity index (χ1) is 8.06. The second kappa shape index (κ2) is 4.61. The van der Waals surface area contributed by atoms with Gasteiger partial charge in [0, 0.05) is 5.56 Å². The van der Waals surface area contributed by atoms with Crippen LogP contribution >= 0.6 is 0 Å². The van der Waals surface area contributed by atoms with Gasteiger partial charge in [-0.1, -0.05) is 0 Å². The molecule has 0 unspecified atom stereocenters. The molecule has 1 aromatic rings. The monoisotopic (exact) mass is 286 g/mol. The Bertz CT molecular complexity index is 556. The van der Waals surface area contributed by atoms with E-state index in [9.17, 15) is 21.6 Å². The minimum absolute atomic E-state index is 0.0199. The van der Waals surface area contributed by atoms with E-state index in [1.54, 1.807) is 0 Å². The third-order valence-electron chi connectivity index (χ3n) is 1.92. The zero-order chi connectivity index (χ0) is 14.1. The third kappa shape index (κ3) is 3.23. The molecule has 0 saturated heterocycles. The van der Waals surface area contributed by atoms with Crippen LogP contribution < -0.4 is 14.6 Å². The summed E-state index contributed by atoms with van der Waals surface area (Å²) in [5.41, 5.74) is -0.116. The van der Waals surface area contributed by atoms with E-state index in [0.717, 1.165) is 6.20 Å². The lowest BCUT2D eigenvalue weighted by molar-refractivity contribution is -0.277. The van der Waals surface area contributed by atoms with Crippen LogP contribution in [0.5, 0.6) is 11.6 Å². The van der Waals surface area contributed by atoms with E-state index >= 15 is 0 Å². The van der Waals surface area contributed by atoms with Gasteiger partial charge < -0.3 is 9.47 Å². The maximum absolute atomic E-state index is 12.1. The van der Waals surface area contributed by atoms with Gasteiger partial charge in [-0.25, -0.2) is 18.5 Å². The number of sulfonamides is 1. The fourth-order valence-corrected chi connectivity index (χ4v) is 2.13. The fraction of sp³-hybridized carbons (Fsp3) is 0.375. The molecule has 1 heterocycles. The van der Waals surface area contributed by atoms with Gasteiger partial charge in [-0.05, 0) is 6.92 Å². The molecule has 0 aromatic carbocycles. The predicted octanol–water partition coefficient (Wildman–Crippen LogP) is 0.945. The molecule has 0 aliphatic heterocycles. The van der Waals surface area contributed by atoms with E-state index in [1.165, 1.54) is 14.0 Å². The molecule has 0 atom stereocenters. The Hall–Kier alpha value is -1.55. The molecule has 0 fully saturated rings. The minimum Gasteiger partial charge on any atom is -0.495 e. The van der Waals surface area contributed by atoms with Crippen molar-refractivity contribution in [2.45, 2.75) is 18.2 Å². The Morgan fingerprint density at radius 3 is 2.33 bits per heavy atom. The molecule has 0 amide bonds. The second-order valence-electron chi connectivity index (χ2n) is 3.18. The number of nitrogens with zero attached hydrogens (tertiary/aromatic N) is 1. The average molecular weight is 286 g/mol. The van der Waals surface area contributed by atoms with Gasteiger partial charge in [-0.2, -0.15) is 0 Å². The number of aromatic nitrogens is 1. The minimum atomic E-state index is -5.08. The molecule has 1 aromatic heterocycles. The van der Waals surface area contributed by atoms with E-state index in [0.29, 0.717) is 0 Å². The van der Waals surface area contributed by atoms with Crippen molar-refractivity contribution in [1.82, 2.24) is 4.98 Å². The molecule has 0 saturated carbocycles. The third-order valence-corrected chi connectivity index (χ3v) is 2.97. The van der Waals surface area contributed by atoms with Crippen molar-refractivity contribution in [3.63, 3.8) is 0 Å². The molecular weight excluding hydrogens is 277 g/mol. The van der Waals surface area contributed by atoms with Gasteiger partial charge in [0.1, 0.15) is 5.75 Å². The summed E-state index contributed by atoms with van der Waals surface area (Å²) < 4.78 is 67.1. The highest BCUT2D eigenvalue weighted by atomic mass is 32.2. The van der Waals surface area contributed by atoms with Crippen molar-refractivity contribution in [3.05, 3.63) is 11.8 Å². The van der Waals surface area contributed by atoms with Gasteiger partial charge in [0.05, 0.1) is 13.3 Å². The first kappa shape index (κ1) is 14.5. The van der Waals surface area contributed by atoms with E-state index in [-0.39, 0.29) is 11.3 Å². The standard InChI is InChI=1S/C8H9F3N2O4S/c1-4-5(16-2)3-13-7(17-8(9,10)11)6(4)18(12,14)15/h3H,1-2H3,(H2,12,14,15). The highest BCUT2D eigenvalue weighted by molar-refractivity contribution is 7.89. The van der Waals surface area contributed by atoms with Crippen LogP contribution in [0.4, 0.5) is 13.2 Å². The topological polar surface area (TPSA) is 91.5 Å². The van der Waals surface area contributed by atoms with Crippen LogP contribution in [0.1, 0.15) is 5.56 Å². The molecule has 10 heteroatoms. The molecule has 18 heavy (non-hydrogen) atoms. The summed E-state index contributed by atoms with van der Waals surface area (Å²) in [7, 11) is -3.23. The van der Waals surface area contributed by atoms with Crippen LogP contribution in [0, 0.1) is 6.92 Å². The van der Waals surface area contributed by atoms with Crippen LogP contribution in [0.15, 0.2) is 11.1 Å². The first-order valence-corrected chi connectivity index (χ1v) is 5.93. The summed E-state index contributed by atoms with van der Waals surface area (Å²) in [5, 5.41) is 4.83. The van der Waals surface area contributed by atoms with Gasteiger partial charge in [-0.15, -0.1) is 13.2 Å². The number of nitrogens with two attached hydrogens (primary N) is 1. The summed E-state index contributed by atoms with van der Waals surface area (Å²) in [6.07, 6.45) is -4.17. The highest BCUT2D eigenvalue weighted by Gasteiger charge is 2.35. The van der Waals surface area contributed by atoms with Gasteiger partial charge in [-0.3, -0.25) is 0 Å². The number of hydrogen-bond donors (Lipinski definition) is 1. The summed E-state index contributed by atoms with van der Waals surface area (Å²) >= 11 is 0. The fourth-order valence-electron chi connectivity index (χ4n) is 1.27. The molecule has 2 N–H and O–H groups in total. The molecule has 0 radical (unpaired) electrons. The average Bonchev–Trinajstić information content (AvgIpc) is 2.13. The lowest BCUT2D eigenvalue weighted by Crippen LogP contribution is -2.22. The molecule has 0 aliphatic carbocycles. The number of alkyl halides is 3. The maximum atomic E-state index is 12.1. The summed E-state index contributed by atoms with van der Waals surface area (Å²) in [4.78, 5) is 2.37. The number of ether oxygens (including phenoxy) is 2. The molecule has 0 aliphatic rings. The summed E-state index contributed by atoms with van der Waals surface area (Å²) in [6.45, 7) is 1.23. The second-order valence-corrected chi connectivity index (χ2v) is 4.68. The molecular formula is C8H9F3N2O4S. The Morgan fingerprint density at radius 2 is 1.94 bits per heavy atom. The molecule has 1 rings (SSSR count). The molecule has 6 nitrogen and oxygen atoms in total. The van der Waals surface area contributed by atoms with Gasteiger partial charge in [0.2, 0.25) is 15.9 Å². The molecule has 102 valence electrons. The summed E-state index contributed by atoms with van der Waals surface area (Å²) in [5.74, 6) is -1.16. The van der Waals surface area contributed by atoms with Crippen molar-refractivity contribution < 1.29 is 31.1 Å². The van der Waals surface area contributed by atoms with Crippen molar-refractivity contribution in [2.24, 2.45) is 5.14 Å². The normalized spacial score (nSPS) is 12.3. The summed E-state index contributed by atoms with van der Waals surface area (Å²) in [6, 6.07) is 0. The highest BCUT2D eigenvalue weighted by Crippen LogP contribution is 2.33. The van der Waals surface area contributed by atoms with Gasteiger partial charge in [0.25, 0.3) is 0 Å². The SMILES string of the molecule is COc1cnc(OC(F)(F)F)c(S(N)(=O)=O)c1C. The van der Waals surface area contributed by atoms with Gasteiger partial charge in [0.15, 0.2) is 4.90 Å². The van der Waals surface area contributed by atoms with E-state index in [1.807, 2.05) is 0 Å². The van der Waals surface area contributed by atoms with Crippen LogP contribution in [-0.2, 0) is 10.0 Å². The van der Waals surface area contributed by atoms with E-state index in [4.69, 9.17) is 9.88 Å². The number of methoxy groups -OCH3 is 1. The zero-order valence-corrected chi connectivity index (χ0v) is 10.1. The number of pyridine rings is 1. The lowest BCUT2D eigenvalue weighted by Gasteiger charge is -2.14. The Labute approximate surface area is 101 Å². The Balaban J connectivity index is 3.50. The van der Waals surface area contributed by atoms with E-state index < -0.39 is 27.2 Å². The van der Waals surface area contributed by atoms with Crippen molar-refractivity contribution in [1.29, 1.82) is 0 Å². The number of halogens is 3. The molecule has 0 bridgehead atoms. The zero-order valence-electron chi connectivity index (χ0n) is 9.28. The van der Waals surface area contributed by atoms with Crippen LogP contribution in [0.2, 0.25) is 0 Å². The largest absolute Gasteiger partial charge is 0.574 e. The van der Waals surface area contributed by atoms with Crippen LogP contribution in [0.3, 0.4) is 0 Å². The first-order valence-electron chi connectivity index (χ1n) is 4.38. The van der Waals surface area contributed by atoms with Crippen molar-refractivity contribution in [2.75, 3.05) is 7.11 Å². The number of primary sulfonamides is 1. The molecule has 0 spiro atoms. The quantitative estimate of drug-likeness (QED) is 0.893. The number of rotatable bonds is 3. The van der Waals surface area contributed by atoms with Crippen molar-refractivity contribution >= 4 is 10.0 Å². The predicted molar refractivity (Wildman–Crippen MR) is 53.6 cm³/mol. The van der Waals surface area contributed by atoms with Crippen LogP contribution in [-0.4, -0.2) is 26.9 Å². The maximum Gasteiger partial charge on any atom is 0.574 e. The lowest BCUT2D eigenvalue weighted by atomic mass is 10.3. The Kier molecular flexibility index (Phi) is 3.72. The van der Waals surface area contributed by atoms with E-state index in [2.05, 4.69) is 9.72 Å². The number of hydrogen-bond acceptors (Lipinski definition) is 5. The van der Waals surface area contributed by atoms with Crippen LogP contribution in [0.25, 0.3) is 0 Å². The van der Waals surface area contributed by atoms with Gasteiger partial charge >= 0.3 is 6.36 Å².